The molecule has 0 aliphatic heterocycles. The Morgan fingerprint density at radius 1 is 1.45 bits per heavy atom. The third-order valence-electron chi connectivity index (χ3n) is 2.29. The lowest BCUT2D eigenvalue weighted by Gasteiger charge is -2.05. The predicted octanol–water partition coefficient (Wildman–Crippen LogP) is 0.968. The number of phenolic OH excluding ortho intramolecular Hbond substituents is 1. The highest BCUT2D eigenvalue weighted by Gasteiger charge is 2.11. The molecule has 8 heteroatoms. The summed E-state index contributed by atoms with van der Waals surface area (Å²) >= 11 is 0. The number of aromatic amines is 1. The molecule has 0 bridgehead atoms. The van der Waals surface area contributed by atoms with E-state index in [1.807, 2.05) is 0 Å². The second-order valence-electron chi connectivity index (χ2n) is 3.62. The number of carbonyl (C=O) groups excluding carboxylic acids is 1. The minimum atomic E-state index is -0.652. The van der Waals surface area contributed by atoms with Gasteiger partial charge < -0.3 is 15.7 Å². The monoisotopic (exact) mass is 270 g/mol. The summed E-state index contributed by atoms with van der Waals surface area (Å²) in [6, 6.07) is 7.97. The van der Waals surface area contributed by atoms with E-state index in [1.54, 1.807) is 18.2 Å². The van der Waals surface area contributed by atoms with E-state index in [4.69, 9.17) is 5.26 Å². The predicted molar refractivity (Wildman–Crippen MR) is 70.4 cm³/mol. The molecule has 0 spiro atoms. The summed E-state index contributed by atoms with van der Waals surface area (Å²) in [6.07, 6.45) is 2.47. The molecule has 20 heavy (non-hydrogen) atoms. The first-order chi connectivity index (χ1) is 9.70. The van der Waals surface area contributed by atoms with Crippen LogP contribution in [-0.2, 0) is 4.79 Å². The Labute approximate surface area is 113 Å². The molecular weight excluding hydrogens is 260 g/mol. The molecule has 2 rings (SSSR count). The van der Waals surface area contributed by atoms with Gasteiger partial charge in [-0.1, -0.05) is 12.1 Å². The van der Waals surface area contributed by atoms with Gasteiger partial charge >= 0.3 is 0 Å². The standard InChI is InChI=1S/C12H10N6O2/c13-5-8(6-14-12-15-7-16-18-12)11(20)17-9-3-1-2-4-10(9)19/h1-4,6-7,19H,(H,17,20)(H2,14,15,16,18)/b8-6-. The second kappa shape index (κ2) is 6.01. The Bertz CT molecular complexity index is 672. The summed E-state index contributed by atoms with van der Waals surface area (Å²) < 4.78 is 0. The van der Waals surface area contributed by atoms with Crippen molar-refractivity contribution >= 4 is 17.5 Å². The number of hydrogen-bond acceptors (Lipinski definition) is 6. The first-order valence-corrected chi connectivity index (χ1v) is 5.52. The SMILES string of the molecule is N#C/C(=C/Nc1ncn[nH]1)C(=O)Nc1ccccc1O. The van der Waals surface area contributed by atoms with Crippen LogP contribution >= 0.6 is 0 Å². The second-order valence-corrected chi connectivity index (χ2v) is 3.62. The zero-order chi connectivity index (χ0) is 14.4. The van der Waals surface area contributed by atoms with Crippen LogP contribution in [0, 0.1) is 11.3 Å². The lowest BCUT2D eigenvalue weighted by Crippen LogP contribution is -2.14. The van der Waals surface area contributed by atoms with Crippen molar-refractivity contribution in [1.82, 2.24) is 15.2 Å². The van der Waals surface area contributed by atoms with Crippen LogP contribution in [-0.4, -0.2) is 26.2 Å². The normalized spacial score (nSPS) is 10.7. The zero-order valence-corrected chi connectivity index (χ0v) is 10.2. The Hall–Kier alpha value is -3.34. The van der Waals surface area contributed by atoms with Gasteiger partial charge in [0.05, 0.1) is 5.69 Å². The van der Waals surface area contributed by atoms with Crippen LogP contribution in [0.3, 0.4) is 0 Å². The number of amides is 1. The molecule has 0 fully saturated rings. The van der Waals surface area contributed by atoms with Crippen molar-refractivity contribution in [1.29, 1.82) is 5.26 Å². The summed E-state index contributed by atoms with van der Waals surface area (Å²) in [6.45, 7) is 0. The summed E-state index contributed by atoms with van der Waals surface area (Å²) in [7, 11) is 0. The maximum atomic E-state index is 11.9. The number of H-pyrrole nitrogens is 1. The van der Waals surface area contributed by atoms with Gasteiger partial charge in [-0.3, -0.25) is 4.79 Å². The molecule has 1 aromatic heterocycles. The van der Waals surface area contributed by atoms with Gasteiger partial charge in [0.15, 0.2) is 0 Å². The van der Waals surface area contributed by atoms with Crippen LogP contribution in [0.15, 0.2) is 42.4 Å². The highest BCUT2D eigenvalue weighted by Crippen LogP contribution is 2.21. The van der Waals surface area contributed by atoms with E-state index >= 15 is 0 Å². The van der Waals surface area contributed by atoms with E-state index in [1.165, 1.54) is 24.7 Å². The first kappa shape index (κ1) is 13.1. The molecule has 0 saturated heterocycles. The van der Waals surface area contributed by atoms with Crippen LogP contribution in [0.4, 0.5) is 11.6 Å². The fraction of sp³-hybridized carbons (Fsp3) is 0. The maximum absolute atomic E-state index is 11.9. The van der Waals surface area contributed by atoms with Gasteiger partial charge in [0, 0.05) is 6.20 Å². The van der Waals surface area contributed by atoms with E-state index in [2.05, 4.69) is 25.8 Å². The molecule has 0 aliphatic rings. The van der Waals surface area contributed by atoms with Gasteiger partial charge in [-0.15, -0.1) is 0 Å². The molecule has 0 aliphatic carbocycles. The number of hydrogen-bond donors (Lipinski definition) is 4. The number of anilines is 2. The molecule has 8 nitrogen and oxygen atoms in total. The van der Waals surface area contributed by atoms with Crippen molar-refractivity contribution in [2.45, 2.75) is 0 Å². The minimum absolute atomic E-state index is 0.0821. The molecule has 0 radical (unpaired) electrons. The number of phenols is 1. The van der Waals surface area contributed by atoms with Crippen molar-refractivity contribution in [3.63, 3.8) is 0 Å². The van der Waals surface area contributed by atoms with E-state index in [-0.39, 0.29) is 17.0 Å². The van der Waals surface area contributed by atoms with E-state index in [0.717, 1.165) is 0 Å². The highest BCUT2D eigenvalue weighted by molar-refractivity contribution is 6.07. The van der Waals surface area contributed by atoms with Crippen LogP contribution in [0.2, 0.25) is 0 Å². The van der Waals surface area contributed by atoms with Crippen LogP contribution < -0.4 is 10.6 Å². The smallest absolute Gasteiger partial charge is 0.267 e. The van der Waals surface area contributed by atoms with Gasteiger partial charge in [-0.2, -0.15) is 15.3 Å². The maximum Gasteiger partial charge on any atom is 0.267 e. The number of nitriles is 1. The largest absolute Gasteiger partial charge is 0.506 e. The number of aromatic nitrogens is 3. The van der Waals surface area contributed by atoms with Gasteiger partial charge in [0.25, 0.3) is 5.91 Å². The fourth-order valence-electron chi connectivity index (χ4n) is 1.33. The third-order valence-corrected chi connectivity index (χ3v) is 2.29. The van der Waals surface area contributed by atoms with Crippen LogP contribution in [0.5, 0.6) is 5.75 Å². The number of nitrogens with one attached hydrogen (secondary N) is 3. The fourth-order valence-corrected chi connectivity index (χ4v) is 1.33. The van der Waals surface area contributed by atoms with Gasteiger partial charge in [-0.25, -0.2) is 5.10 Å². The Morgan fingerprint density at radius 2 is 2.25 bits per heavy atom. The number of aromatic hydroxyl groups is 1. The topological polar surface area (TPSA) is 127 Å². The summed E-state index contributed by atoms with van der Waals surface area (Å²) in [4.78, 5) is 15.6. The summed E-state index contributed by atoms with van der Waals surface area (Å²) in [5.74, 6) is -0.435. The van der Waals surface area contributed by atoms with Crippen molar-refractivity contribution < 1.29 is 9.90 Å². The van der Waals surface area contributed by atoms with Crippen molar-refractivity contribution in [3.05, 3.63) is 42.4 Å². The molecule has 0 unspecified atom stereocenters. The van der Waals surface area contributed by atoms with Crippen LogP contribution in [0.1, 0.15) is 0 Å². The van der Waals surface area contributed by atoms with Gasteiger partial charge in [0.2, 0.25) is 5.95 Å². The average molecular weight is 270 g/mol. The lowest BCUT2D eigenvalue weighted by molar-refractivity contribution is -0.112. The highest BCUT2D eigenvalue weighted by atomic mass is 16.3. The van der Waals surface area contributed by atoms with E-state index in [0.29, 0.717) is 5.95 Å². The molecule has 0 saturated carbocycles. The molecule has 0 atom stereocenters. The Kier molecular flexibility index (Phi) is 3.94. The Balaban J connectivity index is 2.08. The number of rotatable bonds is 4. The minimum Gasteiger partial charge on any atom is -0.506 e. The number of nitrogens with zero attached hydrogens (tertiary/aromatic N) is 3. The van der Waals surface area contributed by atoms with Gasteiger partial charge in [0.1, 0.15) is 23.7 Å². The molecule has 4 N–H and O–H groups in total. The van der Waals surface area contributed by atoms with E-state index in [9.17, 15) is 9.90 Å². The third kappa shape index (κ3) is 3.11. The van der Waals surface area contributed by atoms with Crippen molar-refractivity contribution in [3.8, 4) is 11.8 Å². The Morgan fingerprint density at radius 3 is 2.90 bits per heavy atom. The molecule has 2 aromatic rings. The molecule has 1 aromatic carbocycles. The molecule has 1 heterocycles. The first-order valence-electron chi connectivity index (χ1n) is 5.52. The quantitative estimate of drug-likeness (QED) is 0.372. The van der Waals surface area contributed by atoms with E-state index < -0.39 is 5.91 Å². The number of carbonyl (C=O) groups is 1. The van der Waals surface area contributed by atoms with Crippen molar-refractivity contribution in [2.24, 2.45) is 0 Å². The summed E-state index contributed by atoms with van der Waals surface area (Å²) in [5, 5.41) is 29.7. The molecule has 1 amide bonds. The van der Waals surface area contributed by atoms with Crippen molar-refractivity contribution in [2.75, 3.05) is 10.6 Å². The summed E-state index contributed by atoms with van der Waals surface area (Å²) in [5.41, 5.74) is 0.0444. The zero-order valence-electron chi connectivity index (χ0n) is 10.2. The molecular formula is C12H10N6O2. The number of benzene rings is 1. The molecule has 100 valence electrons. The van der Waals surface area contributed by atoms with Gasteiger partial charge in [-0.05, 0) is 12.1 Å². The number of para-hydroxylation sites is 2. The van der Waals surface area contributed by atoms with Crippen LogP contribution in [0.25, 0.3) is 0 Å². The lowest BCUT2D eigenvalue weighted by atomic mass is 10.2. The average Bonchev–Trinajstić information content (AvgIpc) is 2.95.